The highest BCUT2D eigenvalue weighted by Crippen LogP contribution is 2.28. The van der Waals surface area contributed by atoms with Gasteiger partial charge in [0.1, 0.15) is 5.75 Å². The quantitative estimate of drug-likeness (QED) is 0.746. The van der Waals surface area contributed by atoms with Crippen molar-refractivity contribution in [2.75, 3.05) is 17.2 Å². The first-order valence-electron chi connectivity index (χ1n) is 6.74. The van der Waals surface area contributed by atoms with Crippen molar-refractivity contribution >= 4 is 28.9 Å². The molecular formula is C16H15ClN2O2. The predicted octanol–water partition coefficient (Wildman–Crippen LogP) is 3.27. The molecular weight excluding hydrogens is 288 g/mol. The molecule has 1 atom stereocenters. The van der Waals surface area contributed by atoms with Crippen molar-refractivity contribution < 1.29 is 9.90 Å². The van der Waals surface area contributed by atoms with Gasteiger partial charge in [0.05, 0.1) is 10.9 Å². The Morgan fingerprint density at radius 3 is 2.90 bits per heavy atom. The number of hydrogen-bond acceptors (Lipinski definition) is 3. The van der Waals surface area contributed by atoms with E-state index in [9.17, 15) is 9.90 Å². The van der Waals surface area contributed by atoms with E-state index >= 15 is 0 Å². The van der Waals surface area contributed by atoms with Crippen molar-refractivity contribution in [3.63, 3.8) is 0 Å². The fraction of sp³-hybridized carbons (Fsp3) is 0.188. The van der Waals surface area contributed by atoms with Crippen LogP contribution in [0.3, 0.4) is 0 Å². The van der Waals surface area contributed by atoms with Crippen molar-refractivity contribution in [3.8, 4) is 5.75 Å². The summed E-state index contributed by atoms with van der Waals surface area (Å²) in [5.41, 5.74) is 2.82. The van der Waals surface area contributed by atoms with Crippen molar-refractivity contribution in [2.45, 2.75) is 6.42 Å². The maximum atomic E-state index is 12.3. The molecule has 1 unspecified atom stereocenters. The highest BCUT2D eigenvalue weighted by Gasteiger charge is 2.24. The molecule has 0 spiro atoms. The first-order chi connectivity index (χ1) is 10.1. The first-order valence-corrected chi connectivity index (χ1v) is 7.12. The Morgan fingerprint density at radius 1 is 1.29 bits per heavy atom. The maximum Gasteiger partial charge on any atom is 0.229 e. The molecule has 0 saturated heterocycles. The molecule has 4 nitrogen and oxygen atoms in total. The molecule has 1 aliphatic rings. The van der Waals surface area contributed by atoms with Crippen molar-refractivity contribution in [1.29, 1.82) is 0 Å². The van der Waals surface area contributed by atoms with Gasteiger partial charge in [-0.2, -0.15) is 0 Å². The van der Waals surface area contributed by atoms with Crippen LogP contribution in [0.5, 0.6) is 5.75 Å². The Morgan fingerprint density at radius 2 is 2.10 bits per heavy atom. The average molecular weight is 303 g/mol. The van der Waals surface area contributed by atoms with E-state index in [1.54, 1.807) is 12.1 Å². The monoisotopic (exact) mass is 302 g/mol. The van der Waals surface area contributed by atoms with Gasteiger partial charge in [-0.25, -0.2) is 0 Å². The van der Waals surface area contributed by atoms with Crippen LogP contribution < -0.4 is 10.6 Å². The Labute approximate surface area is 127 Å². The van der Waals surface area contributed by atoms with Gasteiger partial charge >= 0.3 is 0 Å². The van der Waals surface area contributed by atoms with E-state index < -0.39 is 0 Å². The molecule has 0 fully saturated rings. The summed E-state index contributed by atoms with van der Waals surface area (Å²) in [5.74, 6) is -0.186. The lowest BCUT2D eigenvalue weighted by molar-refractivity contribution is -0.119. The lowest BCUT2D eigenvalue weighted by Gasteiger charge is -2.25. The zero-order chi connectivity index (χ0) is 14.8. The van der Waals surface area contributed by atoms with Crippen molar-refractivity contribution in [3.05, 3.63) is 53.1 Å². The zero-order valence-electron chi connectivity index (χ0n) is 11.3. The number of benzene rings is 2. The number of carbonyl (C=O) groups excluding carboxylic acids is 1. The van der Waals surface area contributed by atoms with Crippen LogP contribution in [-0.4, -0.2) is 17.6 Å². The van der Waals surface area contributed by atoms with E-state index in [1.807, 2.05) is 24.3 Å². The highest BCUT2D eigenvalue weighted by atomic mass is 35.5. The number of aromatic hydroxyl groups is 1. The van der Waals surface area contributed by atoms with E-state index in [-0.39, 0.29) is 22.6 Å². The van der Waals surface area contributed by atoms with E-state index in [0.717, 1.165) is 11.3 Å². The molecule has 21 heavy (non-hydrogen) atoms. The van der Waals surface area contributed by atoms with Gasteiger partial charge in [0.25, 0.3) is 0 Å². The number of rotatable bonds is 2. The molecule has 1 amide bonds. The number of para-hydroxylation sites is 1. The topological polar surface area (TPSA) is 61.4 Å². The third kappa shape index (κ3) is 2.95. The third-order valence-electron chi connectivity index (χ3n) is 3.61. The summed E-state index contributed by atoms with van der Waals surface area (Å²) in [6.07, 6.45) is 0.709. The van der Waals surface area contributed by atoms with Crippen molar-refractivity contribution in [2.24, 2.45) is 5.92 Å². The minimum Gasteiger partial charge on any atom is -0.506 e. The molecule has 108 valence electrons. The summed E-state index contributed by atoms with van der Waals surface area (Å²) in [6, 6.07) is 12.6. The molecule has 1 heterocycles. The minimum atomic E-state index is -0.132. The summed E-state index contributed by atoms with van der Waals surface area (Å²) in [7, 11) is 0. The molecule has 0 radical (unpaired) electrons. The maximum absolute atomic E-state index is 12.3. The number of phenolic OH excluding ortho intramolecular Hbond substituents is 1. The van der Waals surface area contributed by atoms with Crippen LogP contribution in [0.4, 0.5) is 11.4 Å². The molecule has 2 aromatic carbocycles. The highest BCUT2D eigenvalue weighted by molar-refractivity contribution is 6.32. The average Bonchev–Trinajstić information content (AvgIpc) is 2.50. The molecule has 1 aliphatic heterocycles. The molecule has 5 heteroatoms. The van der Waals surface area contributed by atoms with Gasteiger partial charge in [-0.1, -0.05) is 29.8 Å². The predicted molar refractivity (Wildman–Crippen MR) is 83.9 cm³/mol. The van der Waals surface area contributed by atoms with Gasteiger partial charge in [0.2, 0.25) is 5.91 Å². The minimum absolute atomic E-state index is 0.00271. The number of phenols is 1. The van der Waals surface area contributed by atoms with E-state index in [4.69, 9.17) is 11.6 Å². The van der Waals surface area contributed by atoms with Crippen LogP contribution in [0.25, 0.3) is 0 Å². The van der Waals surface area contributed by atoms with Gasteiger partial charge < -0.3 is 15.7 Å². The summed E-state index contributed by atoms with van der Waals surface area (Å²) in [4.78, 5) is 12.3. The second-order valence-corrected chi connectivity index (χ2v) is 5.50. The second-order valence-electron chi connectivity index (χ2n) is 5.09. The van der Waals surface area contributed by atoms with Crippen LogP contribution in [0, 0.1) is 5.92 Å². The van der Waals surface area contributed by atoms with Crippen LogP contribution in [0.1, 0.15) is 5.56 Å². The number of hydrogen-bond donors (Lipinski definition) is 3. The summed E-state index contributed by atoms with van der Waals surface area (Å²) in [5, 5.41) is 15.7. The van der Waals surface area contributed by atoms with Gasteiger partial charge in [0.15, 0.2) is 0 Å². The number of halogens is 1. The Bertz CT molecular complexity index is 688. The molecule has 2 aromatic rings. The second kappa shape index (κ2) is 5.66. The SMILES string of the molecule is O=C(Nc1ccc(O)c(Cl)c1)C1CNc2ccccc2C1. The number of fused-ring (bicyclic) bond motifs is 1. The molecule has 0 aromatic heterocycles. The smallest absolute Gasteiger partial charge is 0.229 e. The van der Waals surface area contributed by atoms with Gasteiger partial charge in [-0.15, -0.1) is 0 Å². The molecule has 0 bridgehead atoms. The first kappa shape index (κ1) is 13.8. The number of anilines is 2. The molecule has 3 rings (SSSR count). The van der Waals surface area contributed by atoms with E-state index in [0.29, 0.717) is 18.7 Å². The standard InChI is InChI=1S/C16H15ClN2O2/c17-13-8-12(5-6-15(13)20)19-16(21)11-7-10-3-1-2-4-14(10)18-9-11/h1-6,8,11,18,20H,7,9H2,(H,19,21). The van der Waals surface area contributed by atoms with Crippen LogP contribution in [0.15, 0.2) is 42.5 Å². The van der Waals surface area contributed by atoms with Crippen LogP contribution in [-0.2, 0) is 11.2 Å². The van der Waals surface area contributed by atoms with Crippen LogP contribution in [0.2, 0.25) is 5.02 Å². The number of amides is 1. The number of nitrogens with one attached hydrogen (secondary N) is 2. The molecule has 0 aliphatic carbocycles. The largest absolute Gasteiger partial charge is 0.506 e. The van der Waals surface area contributed by atoms with Crippen LogP contribution >= 0.6 is 11.6 Å². The number of carbonyl (C=O) groups is 1. The molecule has 0 saturated carbocycles. The summed E-state index contributed by atoms with van der Waals surface area (Å²) in [6.45, 7) is 0.606. The van der Waals surface area contributed by atoms with Gasteiger partial charge in [-0.3, -0.25) is 4.79 Å². The lowest BCUT2D eigenvalue weighted by Crippen LogP contribution is -2.33. The summed E-state index contributed by atoms with van der Waals surface area (Å²) < 4.78 is 0. The lowest BCUT2D eigenvalue weighted by atomic mass is 9.93. The normalized spacial score (nSPS) is 16.7. The summed E-state index contributed by atoms with van der Waals surface area (Å²) >= 11 is 5.84. The van der Waals surface area contributed by atoms with Gasteiger partial charge in [0, 0.05) is 17.9 Å². The Kier molecular flexibility index (Phi) is 3.71. The fourth-order valence-electron chi connectivity index (χ4n) is 2.46. The zero-order valence-corrected chi connectivity index (χ0v) is 12.0. The van der Waals surface area contributed by atoms with Crippen molar-refractivity contribution in [1.82, 2.24) is 0 Å². The molecule has 3 N–H and O–H groups in total. The van der Waals surface area contributed by atoms with Gasteiger partial charge in [-0.05, 0) is 36.2 Å². The third-order valence-corrected chi connectivity index (χ3v) is 3.91. The van der Waals surface area contributed by atoms with E-state index in [1.165, 1.54) is 6.07 Å². The Balaban J connectivity index is 1.70. The Hall–Kier alpha value is -2.20. The fourth-order valence-corrected chi connectivity index (χ4v) is 2.64. The van der Waals surface area contributed by atoms with E-state index in [2.05, 4.69) is 10.6 Å².